The van der Waals surface area contributed by atoms with Crippen molar-refractivity contribution in [2.75, 3.05) is 0 Å². The Bertz CT molecular complexity index is 647. The monoisotopic (exact) mass is 284 g/mol. The van der Waals surface area contributed by atoms with Crippen LogP contribution in [-0.4, -0.2) is 21.9 Å². The Balaban J connectivity index is 2.43. The van der Waals surface area contributed by atoms with Crippen LogP contribution in [0.1, 0.15) is 21.6 Å². The van der Waals surface area contributed by atoms with Crippen LogP contribution in [-0.2, 0) is 7.05 Å². The molecule has 20 heavy (non-hydrogen) atoms. The third-order valence-corrected chi connectivity index (χ3v) is 2.84. The summed E-state index contributed by atoms with van der Waals surface area (Å²) in [5, 5.41) is 3.90. The van der Waals surface area contributed by atoms with E-state index in [9.17, 15) is 18.0 Å². The number of rotatable bonds is 3. The molecule has 4 nitrogen and oxygen atoms in total. The predicted octanol–water partition coefficient (Wildman–Crippen LogP) is 2.86. The molecule has 1 aromatic heterocycles. The van der Waals surface area contributed by atoms with Gasteiger partial charge >= 0.3 is 6.36 Å². The first-order chi connectivity index (χ1) is 9.29. The molecule has 0 atom stereocenters. The molecule has 0 N–H and O–H groups in total. The molecule has 0 saturated heterocycles. The Morgan fingerprint density at radius 3 is 2.45 bits per heavy atom. The summed E-state index contributed by atoms with van der Waals surface area (Å²) in [6.07, 6.45) is -3.53. The first kappa shape index (κ1) is 14.1. The Morgan fingerprint density at radius 2 is 1.90 bits per heavy atom. The van der Waals surface area contributed by atoms with Crippen LogP contribution in [0.25, 0.3) is 0 Å². The van der Waals surface area contributed by atoms with Gasteiger partial charge in [-0.1, -0.05) is 12.1 Å². The van der Waals surface area contributed by atoms with Gasteiger partial charge in [0.25, 0.3) is 0 Å². The molecule has 0 unspecified atom stereocenters. The van der Waals surface area contributed by atoms with Crippen molar-refractivity contribution in [1.29, 1.82) is 0 Å². The van der Waals surface area contributed by atoms with Crippen molar-refractivity contribution in [2.24, 2.45) is 7.05 Å². The van der Waals surface area contributed by atoms with E-state index in [2.05, 4.69) is 9.84 Å². The van der Waals surface area contributed by atoms with Gasteiger partial charge in [-0.2, -0.15) is 5.10 Å². The number of hydrogen-bond acceptors (Lipinski definition) is 3. The van der Waals surface area contributed by atoms with E-state index >= 15 is 0 Å². The van der Waals surface area contributed by atoms with Gasteiger partial charge in [0.2, 0.25) is 0 Å². The topological polar surface area (TPSA) is 44.1 Å². The van der Waals surface area contributed by atoms with Crippen molar-refractivity contribution >= 4 is 5.78 Å². The smallest absolute Gasteiger partial charge is 0.405 e. The van der Waals surface area contributed by atoms with Gasteiger partial charge in [-0.25, -0.2) is 0 Å². The van der Waals surface area contributed by atoms with Crippen LogP contribution in [0.2, 0.25) is 0 Å². The number of alkyl halides is 3. The van der Waals surface area contributed by atoms with Crippen molar-refractivity contribution in [3.05, 3.63) is 47.3 Å². The van der Waals surface area contributed by atoms with Crippen LogP contribution >= 0.6 is 0 Å². The van der Waals surface area contributed by atoms with E-state index < -0.39 is 17.9 Å². The fraction of sp³-hybridized carbons (Fsp3) is 0.231. The normalized spacial score (nSPS) is 11.4. The van der Waals surface area contributed by atoms with Gasteiger partial charge < -0.3 is 4.74 Å². The van der Waals surface area contributed by atoms with Crippen LogP contribution in [0.5, 0.6) is 5.75 Å². The number of aromatic nitrogens is 2. The number of hydrogen-bond donors (Lipinski definition) is 0. The van der Waals surface area contributed by atoms with E-state index in [1.165, 1.54) is 29.1 Å². The van der Waals surface area contributed by atoms with E-state index in [1.54, 1.807) is 14.0 Å². The molecule has 0 spiro atoms. The highest BCUT2D eigenvalue weighted by Gasteiger charge is 2.33. The summed E-state index contributed by atoms with van der Waals surface area (Å²) in [6, 6.07) is 5.23. The lowest BCUT2D eigenvalue weighted by molar-refractivity contribution is -0.274. The maximum Gasteiger partial charge on any atom is 0.573 e. The van der Waals surface area contributed by atoms with Gasteiger partial charge in [-0.3, -0.25) is 9.48 Å². The third kappa shape index (κ3) is 2.81. The summed E-state index contributed by atoms with van der Waals surface area (Å²) in [4.78, 5) is 12.3. The number of carbonyl (C=O) groups is 1. The maximum absolute atomic E-state index is 12.3. The summed E-state index contributed by atoms with van der Waals surface area (Å²) in [6.45, 7) is 1.66. The number of para-hydroxylation sites is 1. The van der Waals surface area contributed by atoms with Crippen LogP contribution in [0.4, 0.5) is 13.2 Å². The minimum Gasteiger partial charge on any atom is -0.405 e. The van der Waals surface area contributed by atoms with Gasteiger partial charge in [0.05, 0.1) is 17.3 Å². The van der Waals surface area contributed by atoms with Gasteiger partial charge in [0.1, 0.15) is 5.75 Å². The lowest BCUT2D eigenvalue weighted by atomic mass is 10.0. The summed E-state index contributed by atoms with van der Waals surface area (Å²) in [7, 11) is 1.64. The average molecular weight is 284 g/mol. The first-order valence-corrected chi connectivity index (χ1v) is 5.67. The first-order valence-electron chi connectivity index (χ1n) is 5.67. The molecule has 0 amide bonds. The summed E-state index contributed by atoms with van der Waals surface area (Å²) >= 11 is 0. The van der Waals surface area contributed by atoms with Gasteiger partial charge in [-0.15, -0.1) is 13.2 Å². The van der Waals surface area contributed by atoms with Crippen LogP contribution in [0.3, 0.4) is 0 Å². The fourth-order valence-corrected chi connectivity index (χ4v) is 1.73. The Labute approximate surface area is 112 Å². The standard InChI is InChI=1S/C13H11F3N2O2/c1-8-10(7-17-18(8)2)12(19)9-5-3-4-6-11(9)20-13(14,15)16/h3-7H,1-2H3. The maximum atomic E-state index is 12.3. The van der Waals surface area contributed by atoms with Gasteiger partial charge in [-0.05, 0) is 19.1 Å². The molecule has 0 fully saturated rings. The summed E-state index contributed by atoms with van der Waals surface area (Å²) in [5.41, 5.74) is 0.656. The average Bonchev–Trinajstić information content (AvgIpc) is 2.68. The number of ketones is 1. The number of halogens is 3. The second kappa shape index (κ2) is 4.99. The number of ether oxygens (including phenoxy) is 1. The summed E-state index contributed by atoms with van der Waals surface area (Å²) < 4.78 is 42.3. The Hall–Kier alpha value is -2.31. The van der Waals surface area contributed by atoms with E-state index in [4.69, 9.17) is 0 Å². The Morgan fingerprint density at radius 1 is 1.25 bits per heavy atom. The second-order valence-corrected chi connectivity index (χ2v) is 4.14. The quantitative estimate of drug-likeness (QED) is 0.814. The molecule has 0 saturated carbocycles. The molecule has 1 aromatic carbocycles. The Kier molecular flexibility index (Phi) is 3.52. The van der Waals surface area contributed by atoms with Crippen LogP contribution in [0.15, 0.2) is 30.5 Å². The molecule has 2 rings (SSSR count). The fourth-order valence-electron chi connectivity index (χ4n) is 1.73. The number of carbonyl (C=O) groups excluding carboxylic acids is 1. The van der Waals surface area contributed by atoms with E-state index in [0.29, 0.717) is 5.69 Å². The molecule has 0 aliphatic rings. The molecule has 106 valence electrons. The number of nitrogens with zero attached hydrogens (tertiary/aromatic N) is 2. The summed E-state index contributed by atoms with van der Waals surface area (Å²) in [5.74, 6) is -1.08. The van der Waals surface area contributed by atoms with Crippen LogP contribution in [0, 0.1) is 6.92 Å². The highest BCUT2D eigenvalue weighted by atomic mass is 19.4. The number of aryl methyl sites for hydroxylation is 1. The molecule has 0 aliphatic heterocycles. The second-order valence-electron chi connectivity index (χ2n) is 4.14. The molecule has 0 aliphatic carbocycles. The highest BCUT2D eigenvalue weighted by molar-refractivity contribution is 6.11. The number of benzene rings is 1. The molecular weight excluding hydrogens is 273 g/mol. The predicted molar refractivity (Wildman–Crippen MR) is 64.5 cm³/mol. The minimum atomic E-state index is -4.85. The van der Waals surface area contributed by atoms with E-state index in [0.717, 1.165) is 6.07 Å². The van der Waals surface area contributed by atoms with E-state index in [-0.39, 0.29) is 11.1 Å². The van der Waals surface area contributed by atoms with Crippen molar-refractivity contribution < 1.29 is 22.7 Å². The molecular formula is C13H11F3N2O2. The van der Waals surface area contributed by atoms with Crippen molar-refractivity contribution in [3.63, 3.8) is 0 Å². The van der Waals surface area contributed by atoms with Crippen molar-refractivity contribution in [1.82, 2.24) is 9.78 Å². The van der Waals surface area contributed by atoms with E-state index in [1.807, 2.05) is 0 Å². The molecule has 2 aromatic rings. The largest absolute Gasteiger partial charge is 0.573 e. The molecule has 7 heteroatoms. The van der Waals surface area contributed by atoms with Gasteiger partial charge in [0, 0.05) is 12.7 Å². The lowest BCUT2D eigenvalue weighted by Gasteiger charge is -2.12. The zero-order valence-electron chi connectivity index (χ0n) is 10.7. The lowest BCUT2D eigenvalue weighted by Crippen LogP contribution is -2.19. The molecule has 1 heterocycles. The zero-order chi connectivity index (χ0) is 14.9. The van der Waals surface area contributed by atoms with Crippen molar-refractivity contribution in [2.45, 2.75) is 13.3 Å². The minimum absolute atomic E-state index is 0.152. The molecule has 0 bridgehead atoms. The molecule has 0 radical (unpaired) electrons. The third-order valence-electron chi connectivity index (χ3n) is 2.84. The van der Waals surface area contributed by atoms with Crippen LogP contribution < -0.4 is 4.74 Å². The zero-order valence-corrected chi connectivity index (χ0v) is 10.7. The van der Waals surface area contributed by atoms with Crippen molar-refractivity contribution in [3.8, 4) is 5.75 Å². The van der Waals surface area contributed by atoms with Gasteiger partial charge in [0.15, 0.2) is 5.78 Å². The SMILES string of the molecule is Cc1c(C(=O)c2ccccc2OC(F)(F)F)cnn1C. The highest BCUT2D eigenvalue weighted by Crippen LogP contribution is 2.28.